The molecule has 114 valence electrons. The van der Waals surface area contributed by atoms with Crippen LogP contribution in [-0.2, 0) is 0 Å². The lowest BCUT2D eigenvalue weighted by Gasteiger charge is -2.23. The van der Waals surface area contributed by atoms with Gasteiger partial charge in [-0.2, -0.15) is 0 Å². The van der Waals surface area contributed by atoms with Gasteiger partial charge in [-0.3, -0.25) is 4.99 Å². The molecule has 4 rings (SSSR count). The summed E-state index contributed by atoms with van der Waals surface area (Å²) in [5.41, 5.74) is 3.47. The molecular formula is C19H18N4. The smallest absolute Gasteiger partial charge is 0.0919 e. The maximum Gasteiger partial charge on any atom is 0.0919 e. The Labute approximate surface area is 135 Å². The van der Waals surface area contributed by atoms with Crippen LogP contribution in [0.5, 0.6) is 0 Å². The number of nitrogens with one attached hydrogen (secondary N) is 1. The number of hydrogen-bond donors (Lipinski definition) is 1. The number of aromatic nitrogens is 2. The first-order valence-electron chi connectivity index (χ1n) is 7.47. The van der Waals surface area contributed by atoms with E-state index >= 15 is 0 Å². The standard InChI is InChI=1S/C16H14N2.C3H4N2/c1-3-7-14(8-4-1)16-13-18(12-11-17-16)15-9-5-2-6-10-15;1-2-5-3-4-1/h1-12H,13H2;1-3H,(H,4,5). The highest BCUT2D eigenvalue weighted by Gasteiger charge is 2.11. The van der Waals surface area contributed by atoms with Crippen LogP contribution in [0.3, 0.4) is 0 Å². The summed E-state index contributed by atoms with van der Waals surface area (Å²) >= 11 is 0. The van der Waals surface area contributed by atoms with Gasteiger partial charge in [-0.15, -0.1) is 0 Å². The van der Waals surface area contributed by atoms with Gasteiger partial charge in [-0.25, -0.2) is 4.98 Å². The summed E-state index contributed by atoms with van der Waals surface area (Å²) in [6, 6.07) is 20.7. The Morgan fingerprint density at radius 2 is 1.65 bits per heavy atom. The van der Waals surface area contributed by atoms with E-state index in [0.29, 0.717) is 0 Å². The number of aromatic amines is 1. The van der Waals surface area contributed by atoms with Crippen molar-refractivity contribution in [1.29, 1.82) is 0 Å². The summed E-state index contributed by atoms with van der Waals surface area (Å²) in [5, 5.41) is 0. The molecule has 0 bridgehead atoms. The molecule has 0 atom stereocenters. The maximum absolute atomic E-state index is 4.47. The Kier molecular flexibility index (Phi) is 4.98. The van der Waals surface area contributed by atoms with Crippen molar-refractivity contribution < 1.29 is 0 Å². The van der Waals surface area contributed by atoms with Crippen molar-refractivity contribution in [2.24, 2.45) is 4.99 Å². The first-order chi connectivity index (χ1) is 11.4. The maximum atomic E-state index is 4.47. The molecule has 1 aliphatic heterocycles. The SMILES string of the molecule is C1=CN(c2ccccc2)CC(c2ccccc2)=N1.c1c[nH]cn1. The van der Waals surface area contributed by atoms with E-state index in [9.17, 15) is 0 Å². The number of H-pyrrole nitrogens is 1. The van der Waals surface area contributed by atoms with Gasteiger partial charge in [0.2, 0.25) is 0 Å². The van der Waals surface area contributed by atoms with Gasteiger partial charge in [0.05, 0.1) is 18.6 Å². The van der Waals surface area contributed by atoms with E-state index in [2.05, 4.69) is 56.3 Å². The van der Waals surface area contributed by atoms with Gasteiger partial charge >= 0.3 is 0 Å². The largest absolute Gasteiger partial charge is 0.351 e. The van der Waals surface area contributed by atoms with Gasteiger partial charge in [-0.05, 0) is 17.7 Å². The second-order valence-electron chi connectivity index (χ2n) is 4.96. The van der Waals surface area contributed by atoms with Crippen molar-refractivity contribution in [2.75, 3.05) is 11.4 Å². The Hall–Kier alpha value is -3.14. The van der Waals surface area contributed by atoms with Crippen molar-refractivity contribution >= 4 is 11.4 Å². The molecule has 1 N–H and O–H groups in total. The fraction of sp³-hybridized carbons (Fsp3) is 0.0526. The van der Waals surface area contributed by atoms with Gasteiger partial charge in [0, 0.05) is 30.5 Å². The molecule has 0 spiro atoms. The average Bonchev–Trinajstić information content (AvgIpc) is 3.23. The minimum atomic E-state index is 0.810. The predicted octanol–water partition coefficient (Wildman–Crippen LogP) is 3.88. The van der Waals surface area contributed by atoms with Crippen molar-refractivity contribution in [3.8, 4) is 0 Å². The fourth-order valence-electron chi connectivity index (χ4n) is 2.27. The van der Waals surface area contributed by atoms with Gasteiger partial charge in [0.15, 0.2) is 0 Å². The molecule has 23 heavy (non-hydrogen) atoms. The van der Waals surface area contributed by atoms with Gasteiger partial charge in [0.1, 0.15) is 0 Å². The summed E-state index contributed by atoms with van der Waals surface area (Å²) in [6.45, 7) is 0.810. The lowest BCUT2D eigenvalue weighted by Crippen LogP contribution is -2.27. The first-order valence-corrected chi connectivity index (χ1v) is 7.47. The molecule has 3 aromatic rings. The van der Waals surface area contributed by atoms with Crippen LogP contribution in [0.4, 0.5) is 5.69 Å². The highest BCUT2D eigenvalue weighted by atomic mass is 15.1. The van der Waals surface area contributed by atoms with E-state index in [1.54, 1.807) is 18.7 Å². The number of imidazole rings is 1. The summed E-state index contributed by atoms with van der Waals surface area (Å²) < 4.78 is 0. The Bertz CT molecular complexity index is 729. The van der Waals surface area contributed by atoms with Gasteiger partial charge in [0.25, 0.3) is 0 Å². The summed E-state index contributed by atoms with van der Waals surface area (Å²) in [4.78, 5) is 13.1. The molecule has 1 aliphatic rings. The highest BCUT2D eigenvalue weighted by molar-refractivity contribution is 6.04. The molecule has 0 aliphatic carbocycles. The third kappa shape index (κ3) is 4.17. The molecule has 4 nitrogen and oxygen atoms in total. The van der Waals surface area contributed by atoms with Gasteiger partial charge < -0.3 is 9.88 Å². The second kappa shape index (κ2) is 7.75. The Morgan fingerprint density at radius 3 is 2.26 bits per heavy atom. The van der Waals surface area contributed by atoms with Crippen LogP contribution in [0.15, 0.2) is 96.8 Å². The summed E-state index contributed by atoms with van der Waals surface area (Å²) in [7, 11) is 0. The highest BCUT2D eigenvalue weighted by Crippen LogP contribution is 2.17. The Morgan fingerprint density at radius 1 is 0.913 bits per heavy atom. The van der Waals surface area contributed by atoms with Crippen LogP contribution in [-0.4, -0.2) is 22.2 Å². The number of aliphatic imine (C=N–C) groups is 1. The predicted molar refractivity (Wildman–Crippen MR) is 94.5 cm³/mol. The molecule has 0 fully saturated rings. The second-order valence-corrected chi connectivity index (χ2v) is 4.96. The van der Waals surface area contributed by atoms with Crippen LogP contribution in [0.2, 0.25) is 0 Å². The van der Waals surface area contributed by atoms with Crippen molar-refractivity contribution in [2.45, 2.75) is 0 Å². The van der Waals surface area contributed by atoms with Crippen LogP contribution >= 0.6 is 0 Å². The number of para-hydroxylation sites is 1. The first kappa shape index (κ1) is 14.8. The topological polar surface area (TPSA) is 44.3 Å². The van der Waals surface area contributed by atoms with Crippen molar-refractivity contribution in [1.82, 2.24) is 9.97 Å². The molecular weight excluding hydrogens is 284 g/mol. The molecule has 0 radical (unpaired) electrons. The van der Waals surface area contributed by atoms with E-state index in [4.69, 9.17) is 0 Å². The zero-order chi connectivity index (χ0) is 15.7. The number of anilines is 1. The lowest BCUT2D eigenvalue weighted by atomic mass is 10.1. The average molecular weight is 302 g/mol. The van der Waals surface area contributed by atoms with Gasteiger partial charge in [-0.1, -0.05) is 48.5 Å². The number of benzene rings is 2. The van der Waals surface area contributed by atoms with Crippen LogP contribution in [0, 0.1) is 0 Å². The van der Waals surface area contributed by atoms with E-state index in [1.165, 1.54) is 11.3 Å². The third-order valence-corrected chi connectivity index (χ3v) is 3.40. The van der Waals surface area contributed by atoms with E-state index in [-0.39, 0.29) is 0 Å². The molecule has 0 unspecified atom stereocenters. The minimum absolute atomic E-state index is 0.810. The third-order valence-electron chi connectivity index (χ3n) is 3.40. The monoisotopic (exact) mass is 302 g/mol. The zero-order valence-electron chi connectivity index (χ0n) is 12.7. The number of hydrogen-bond acceptors (Lipinski definition) is 3. The normalized spacial score (nSPS) is 13.0. The van der Waals surface area contributed by atoms with Crippen LogP contribution in [0.25, 0.3) is 0 Å². The molecule has 0 saturated heterocycles. The lowest BCUT2D eigenvalue weighted by molar-refractivity contribution is 1.09. The summed E-state index contributed by atoms with van der Waals surface area (Å²) in [6.07, 6.45) is 8.96. The van der Waals surface area contributed by atoms with E-state index in [0.717, 1.165) is 12.3 Å². The fourth-order valence-corrected chi connectivity index (χ4v) is 2.27. The summed E-state index contributed by atoms with van der Waals surface area (Å²) in [5.74, 6) is 0. The molecule has 0 amide bonds. The van der Waals surface area contributed by atoms with E-state index in [1.807, 2.05) is 36.7 Å². The minimum Gasteiger partial charge on any atom is -0.351 e. The molecule has 1 aromatic heterocycles. The molecule has 4 heteroatoms. The molecule has 0 saturated carbocycles. The van der Waals surface area contributed by atoms with Crippen molar-refractivity contribution in [3.63, 3.8) is 0 Å². The molecule has 2 heterocycles. The van der Waals surface area contributed by atoms with E-state index < -0.39 is 0 Å². The van der Waals surface area contributed by atoms with Crippen LogP contribution in [0.1, 0.15) is 5.56 Å². The zero-order valence-corrected chi connectivity index (χ0v) is 12.7. The number of rotatable bonds is 2. The Balaban J connectivity index is 0.000000267. The number of nitrogens with zero attached hydrogens (tertiary/aromatic N) is 3. The van der Waals surface area contributed by atoms with Crippen LogP contribution < -0.4 is 4.90 Å². The quantitative estimate of drug-likeness (QED) is 0.781. The molecule has 2 aromatic carbocycles. The van der Waals surface area contributed by atoms with Crippen molar-refractivity contribution in [3.05, 3.63) is 97.3 Å².